The van der Waals surface area contributed by atoms with Crippen LogP contribution in [0, 0.1) is 0 Å². The number of benzene rings is 1. The van der Waals surface area contributed by atoms with Crippen LogP contribution >= 0.6 is 11.6 Å². The topological polar surface area (TPSA) is 84.9 Å². The number of hydrogen-bond acceptors (Lipinski definition) is 4. The van der Waals surface area contributed by atoms with E-state index in [-0.39, 0.29) is 25.2 Å². The lowest BCUT2D eigenvalue weighted by molar-refractivity contribution is -0.137. The maximum absolute atomic E-state index is 11.7. The van der Waals surface area contributed by atoms with Crippen molar-refractivity contribution >= 4 is 29.2 Å². The summed E-state index contributed by atoms with van der Waals surface area (Å²) in [5.74, 6) is -0.332. The van der Waals surface area contributed by atoms with Crippen LogP contribution in [0.1, 0.15) is 19.3 Å². The summed E-state index contributed by atoms with van der Waals surface area (Å²) in [6, 6.07) is 3.09. The highest BCUT2D eigenvalue weighted by Gasteiger charge is 2.12. The first kappa shape index (κ1) is 16.1. The lowest BCUT2D eigenvalue weighted by Crippen LogP contribution is -2.12. The highest BCUT2D eigenvalue weighted by atomic mass is 35.5. The molecular weight excluding hydrogens is 286 g/mol. The number of halogens is 1. The molecule has 0 aliphatic rings. The summed E-state index contributed by atoms with van der Waals surface area (Å²) in [5.41, 5.74) is 0.393. The summed E-state index contributed by atoms with van der Waals surface area (Å²) < 4.78 is 10.2. The van der Waals surface area contributed by atoms with E-state index in [0.29, 0.717) is 22.2 Å². The number of aliphatic carboxylic acids is 1. The Labute approximate surface area is 121 Å². The highest BCUT2D eigenvalue weighted by Crippen LogP contribution is 2.36. The van der Waals surface area contributed by atoms with Gasteiger partial charge in [-0.15, -0.1) is 0 Å². The Bertz CT molecular complexity index is 504. The molecule has 7 heteroatoms. The van der Waals surface area contributed by atoms with Gasteiger partial charge in [0.25, 0.3) is 0 Å². The smallest absolute Gasteiger partial charge is 0.303 e. The summed E-state index contributed by atoms with van der Waals surface area (Å²) in [6.07, 6.45) is 0.329. The fourth-order valence-electron chi connectivity index (χ4n) is 1.56. The number of methoxy groups -OCH3 is 2. The van der Waals surface area contributed by atoms with Gasteiger partial charge in [0.15, 0.2) is 11.5 Å². The molecule has 0 atom stereocenters. The van der Waals surface area contributed by atoms with Gasteiger partial charge in [-0.05, 0) is 6.42 Å². The normalized spacial score (nSPS) is 9.95. The van der Waals surface area contributed by atoms with Crippen LogP contribution in [0.3, 0.4) is 0 Å². The van der Waals surface area contributed by atoms with Gasteiger partial charge in [-0.3, -0.25) is 9.59 Å². The van der Waals surface area contributed by atoms with E-state index < -0.39 is 5.97 Å². The van der Waals surface area contributed by atoms with E-state index in [1.165, 1.54) is 20.3 Å². The zero-order valence-corrected chi connectivity index (χ0v) is 12.0. The van der Waals surface area contributed by atoms with E-state index in [2.05, 4.69) is 5.32 Å². The first-order valence-electron chi connectivity index (χ1n) is 5.91. The molecule has 2 N–H and O–H groups in total. The van der Waals surface area contributed by atoms with Crippen LogP contribution in [0.15, 0.2) is 12.1 Å². The number of anilines is 1. The number of amides is 1. The zero-order valence-electron chi connectivity index (χ0n) is 11.2. The first-order valence-corrected chi connectivity index (χ1v) is 6.29. The van der Waals surface area contributed by atoms with Gasteiger partial charge in [0.1, 0.15) is 0 Å². The Morgan fingerprint density at radius 1 is 1.20 bits per heavy atom. The minimum Gasteiger partial charge on any atom is -0.493 e. The molecule has 1 aromatic carbocycles. The number of nitrogens with one attached hydrogen (secondary N) is 1. The molecule has 0 saturated carbocycles. The van der Waals surface area contributed by atoms with Crippen LogP contribution < -0.4 is 14.8 Å². The first-order chi connectivity index (χ1) is 9.47. The molecule has 0 saturated heterocycles. The molecule has 0 aliphatic carbocycles. The Balaban J connectivity index is 2.72. The maximum Gasteiger partial charge on any atom is 0.303 e. The van der Waals surface area contributed by atoms with Crippen LogP contribution in [0.4, 0.5) is 5.69 Å². The molecule has 1 aromatic rings. The molecule has 1 amide bonds. The van der Waals surface area contributed by atoms with Crippen LogP contribution in [0.25, 0.3) is 0 Å². The minimum atomic E-state index is -0.929. The van der Waals surface area contributed by atoms with Crippen molar-refractivity contribution in [2.75, 3.05) is 19.5 Å². The molecule has 0 spiro atoms. The molecule has 6 nitrogen and oxygen atoms in total. The van der Waals surface area contributed by atoms with Gasteiger partial charge in [-0.25, -0.2) is 0 Å². The number of rotatable bonds is 7. The molecule has 0 fully saturated rings. The average Bonchev–Trinajstić information content (AvgIpc) is 2.40. The third kappa shape index (κ3) is 4.62. The zero-order chi connectivity index (χ0) is 15.1. The summed E-state index contributed by atoms with van der Waals surface area (Å²) in [5, 5.41) is 11.4. The number of carboxylic acids is 1. The Hall–Kier alpha value is -1.95. The van der Waals surface area contributed by atoms with E-state index in [1.807, 2.05) is 0 Å². The van der Waals surface area contributed by atoms with Gasteiger partial charge in [0.2, 0.25) is 5.91 Å². The molecule has 0 heterocycles. The lowest BCUT2D eigenvalue weighted by Gasteiger charge is -2.12. The number of carboxylic acid groups (broad SMARTS) is 1. The van der Waals surface area contributed by atoms with Crippen molar-refractivity contribution < 1.29 is 24.2 Å². The highest BCUT2D eigenvalue weighted by molar-refractivity contribution is 6.34. The number of carbonyl (C=O) groups is 2. The number of hydrogen-bond donors (Lipinski definition) is 2. The third-order valence-electron chi connectivity index (χ3n) is 2.54. The molecule has 0 aromatic heterocycles. The second kappa shape index (κ2) is 7.59. The van der Waals surface area contributed by atoms with Gasteiger partial charge in [0.05, 0.1) is 24.9 Å². The molecule has 20 heavy (non-hydrogen) atoms. The standard InChI is InChI=1S/C13H16ClNO5/c1-19-10-6-8(14)9(7-11(10)20-2)15-12(16)4-3-5-13(17)18/h6-7H,3-5H2,1-2H3,(H,15,16)(H,17,18). The van der Waals surface area contributed by atoms with Crippen molar-refractivity contribution in [3.05, 3.63) is 17.2 Å². The second-order valence-corrected chi connectivity index (χ2v) is 4.39. The molecule has 0 aliphatic heterocycles. The van der Waals surface area contributed by atoms with Gasteiger partial charge in [-0.1, -0.05) is 11.6 Å². The van der Waals surface area contributed by atoms with E-state index in [4.69, 9.17) is 26.2 Å². The quantitative estimate of drug-likeness (QED) is 0.808. The molecule has 110 valence electrons. The van der Waals surface area contributed by atoms with Gasteiger partial charge in [-0.2, -0.15) is 0 Å². The summed E-state index contributed by atoms with van der Waals surface area (Å²) in [4.78, 5) is 22.0. The van der Waals surface area contributed by atoms with Gasteiger partial charge < -0.3 is 19.9 Å². The van der Waals surface area contributed by atoms with Crippen molar-refractivity contribution in [2.45, 2.75) is 19.3 Å². The van der Waals surface area contributed by atoms with E-state index in [1.54, 1.807) is 6.07 Å². The van der Waals surface area contributed by atoms with Gasteiger partial charge in [0, 0.05) is 25.0 Å². The van der Waals surface area contributed by atoms with Crippen LogP contribution in [-0.4, -0.2) is 31.2 Å². The summed E-state index contributed by atoms with van der Waals surface area (Å²) in [7, 11) is 2.96. The number of carbonyl (C=O) groups excluding carboxylic acids is 1. The third-order valence-corrected chi connectivity index (χ3v) is 2.85. The lowest BCUT2D eigenvalue weighted by atomic mass is 10.2. The predicted octanol–water partition coefficient (Wildman–Crippen LogP) is 2.55. The average molecular weight is 302 g/mol. The molecule has 0 radical (unpaired) electrons. The molecule has 0 unspecified atom stereocenters. The number of ether oxygens (including phenoxy) is 2. The van der Waals surface area contributed by atoms with E-state index >= 15 is 0 Å². The Morgan fingerprint density at radius 2 is 1.80 bits per heavy atom. The maximum atomic E-state index is 11.7. The van der Waals surface area contributed by atoms with Crippen molar-refractivity contribution in [3.8, 4) is 11.5 Å². The van der Waals surface area contributed by atoms with E-state index in [9.17, 15) is 9.59 Å². The molecule has 0 bridgehead atoms. The second-order valence-electron chi connectivity index (χ2n) is 3.98. The largest absolute Gasteiger partial charge is 0.493 e. The summed E-state index contributed by atoms with van der Waals surface area (Å²) in [6.45, 7) is 0. The Morgan fingerprint density at radius 3 is 2.35 bits per heavy atom. The van der Waals surface area contributed by atoms with Crippen molar-refractivity contribution in [1.29, 1.82) is 0 Å². The fraction of sp³-hybridized carbons (Fsp3) is 0.385. The van der Waals surface area contributed by atoms with Gasteiger partial charge >= 0.3 is 5.97 Å². The SMILES string of the molecule is COc1cc(Cl)c(NC(=O)CCCC(=O)O)cc1OC. The van der Waals surface area contributed by atoms with Crippen LogP contribution in [-0.2, 0) is 9.59 Å². The monoisotopic (exact) mass is 301 g/mol. The minimum absolute atomic E-state index is 0.0485. The Kier molecular flexibility index (Phi) is 6.11. The molecule has 1 rings (SSSR count). The predicted molar refractivity (Wildman–Crippen MR) is 74.7 cm³/mol. The van der Waals surface area contributed by atoms with Crippen molar-refractivity contribution in [2.24, 2.45) is 0 Å². The van der Waals surface area contributed by atoms with Crippen molar-refractivity contribution in [1.82, 2.24) is 0 Å². The van der Waals surface area contributed by atoms with E-state index in [0.717, 1.165) is 0 Å². The van der Waals surface area contributed by atoms with Crippen molar-refractivity contribution in [3.63, 3.8) is 0 Å². The summed E-state index contributed by atoms with van der Waals surface area (Å²) >= 11 is 6.02. The van der Waals surface area contributed by atoms with Crippen LogP contribution in [0.5, 0.6) is 11.5 Å². The fourth-order valence-corrected chi connectivity index (χ4v) is 1.76. The van der Waals surface area contributed by atoms with Crippen LogP contribution in [0.2, 0.25) is 5.02 Å². The molecular formula is C13H16ClNO5.